The molecule has 0 aromatic heterocycles. The number of primary sulfonamides is 1. The molecule has 0 aliphatic carbocycles. The summed E-state index contributed by atoms with van der Waals surface area (Å²) >= 11 is 0. The lowest BCUT2D eigenvalue weighted by Crippen LogP contribution is -2.14. The minimum Gasteiger partial charge on any atom is -0.398 e. The molecule has 1 rings (SSSR count). The summed E-state index contributed by atoms with van der Waals surface area (Å²) < 4.78 is 22.0. The minimum absolute atomic E-state index is 0.0507. The predicted octanol–water partition coefficient (Wildman–Crippen LogP) is 0.285. The zero-order valence-electron chi connectivity index (χ0n) is 7.80. The summed E-state index contributed by atoms with van der Waals surface area (Å²) in [5.74, 6) is -0.331. The van der Waals surface area contributed by atoms with E-state index in [1.165, 1.54) is 18.2 Å². The first-order valence-electron chi connectivity index (χ1n) is 3.95. The lowest BCUT2D eigenvalue weighted by Gasteiger charge is -2.04. The third-order valence-corrected chi connectivity index (χ3v) is 2.77. The van der Waals surface area contributed by atoms with Gasteiger partial charge in [-0.15, -0.1) is 0 Å². The number of anilines is 1. The van der Waals surface area contributed by atoms with Crippen LogP contribution in [0.25, 0.3) is 0 Å². The van der Waals surface area contributed by atoms with E-state index in [0.29, 0.717) is 0 Å². The third-order valence-electron chi connectivity index (χ3n) is 1.79. The van der Waals surface area contributed by atoms with Crippen LogP contribution >= 0.6 is 0 Å². The standard InChI is InChI=1S/C9H10N2O3S/c1-2-8(12)6-3-4-9(7(10)5-6)15(11,13)14/h2-5H,1,10H2,(H2,11,13,14). The van der Waals surface area contributed by atoms with E-state index in [1.54, 1.807) is 0 Å². The van der Waals surface area contributed by atoms with Crippen molar-refractivity contribution in [3.05, 3.63) is 36.4 Å². The maximum absolute atomic E-state index is 11.2. The Balaban J connectivity index is 3.32. The highest BCUT2D eigenvalue weighted by molar-refractivity contribution is 7.89. The first-order chi connectivity index (χ1) is 6.86. The molecule has 15 heavy (non-hydrogen) atoms. The topological polar surface area (TPSA) is 103 Å². The van der Waals surface area contributed by atoms with Crippen molar-refractivity contribution in [2.75, 3.05) is 5.73 Å². The average molecular weight is 226 g/mol. The van der Waals surface area contributed by atoms with Crippen LogP contribution in [0.3, 0.4) is 0 Å². The van der Waals surface area contributed by atoms with Crippen molar-refractivity contribution >= 4 is 21.5 Å². The second kappa shape index (κ2) is 3.84. The number of ketones is 1. The summed E-state index contributed by atoms with van der Waals surface area (Å²) in [5.41, 5.74) is 5.68. The van der Waals surface area contributed by atoms with Crippen LogP contribution in [0.15, 0.2) is 35.7 Å². The molecule has 6 heteroatoms. The highest BCUT2D eigenvalue weighted by Crippen LogP contribution is 2.18. The van der Waals surface area contributed by atoms with Crippen LogP contribution in [0, 0.1) is 0 Å². The fraction of sp³-hybridized carbons (Fsp3) is 0. The summed E-state index contributed by atoms with van der Waals surface area (Å²) in [5, 5.41) is 4.90. The van der Waals surface area contributed by atoms with E-state index in [0.717, 1.165) is 6.08 Å². The van der Waals surface area contributed by atoms with Crippen LogP contribution in [0.5, 0.6) is 0 Å². The van der Waals surface area contributed by atoms with Crippen LogP contribution in [-0.2, 0) is 10.0 Å². The van der Waals surface area contributed by atoms with Gasteiger partial charge < -0.3 is 5.73 Å². The van der Waals surface area contributed by atoms with Gasteiger partial charge in [0.2, 0.25) is 10.0 Å². The van der Waals surface area contributed by atoms with Gasteiger partial charge in [0.1, 0.15) is 4.90 Å². The number of allylic oxidation sites excluding steroid dienone is 1. The van der Waals surface area contributed by atoms with Gasteiger partial charge in [-0.2, -0.15) is 0 Å². The Labute approximate surface area is 87.4 Å². The Bertz CT molecular complexity index is 520. The highest BCUT2D eigenvalue weighted by Gasteiger charge is 2.13. The molecule has 0 amide bonds. The molecule has 0 radical (unpaired) electrons. The van der Waals surface area contributed by atoms with Crippen LogP contribution in [0.1, 0.15) is 10.4 Å². The predicted molar refractivity (Wildman–Crippen MR) is 56.8 cm³/mol. The van der Waals surface area contributed by atoms with Crippen molar-refractivity contribution in [2.45, 2.75) is 4.90 Å². The molecule has 4 N–H and O–H groups in total. The number of rotatable bonds is 3. The van der Waals surface area contributed by atoms with E-state index in [1.807, 2.05) is 0 Å². The first-order valence-corrected chi connectivity index (χ1v) is 5.50. The summed E-state index contributed by atoms with van der Waals surface area (Å²) in [6.45, 7) is 3.30. The number of hydrogen-bond donors (Lipinski definition) is 2. The Morgan fingerprint density at radius 2 is 2.00 bits per heavy atom. The van der Waals surface area contributed by atoms with E-state index in [2.05, 4.69) is 6.58 Å². The smallest absolute Gasteiger partial charge is 0.240 e. The number of hydrogen-bond acceptors (Lipinski definition) is 4. The summed E-state index contributed by atoms with van der Waals surface area (Å²) in [6.07, 6.45) is 1.12. The van der Waals surface area contributed by atoms with E-state index in [4.69, 9.17) is 10.9 Å². The van der Waals surface area contributed by atoms with Gasteiger partial charge in [0, 0.05) is 5.56 Å². The fourth-order valence-corrected chi connectivity index (χ4v) is 1.72. The number of nitrogens with two attached hydrogens (primary N) is 2. The van der Waals surface area contributed by atoms with E-state index in [9.17, 15) is 13.2 Å². The van der Waals surface area contributed by atoms with Crippen LogP contribution in [0.2, 0.25) is 0 Å². The van der Waals surface area contributed by atoms with Crippen LogP contribution in [-0.4, -0.2) is 14.2 Å². The van der Waals surface area contributed by atoms with Crippen molar-refractivity contribution in [1.29, 1.82) is 0 Å². The van der Waals surface area contributed by atoms with Crippen LogP contribution < -0.4 is 10.9 Å². The third kappa shape index (κ3) is 2.42. The molecular formula is C9H10N2O3S. The highest BCUT2D eigenvalue weighted by atomic mass is 32.2. The van der Waals surface area contributed by atoms with Crippen molar-refractivity contribution < 1.29 is 13.2 Å². The Morgan fingerprint density at radius 3 is 2.40 bits per heavy atom. The quantitative estimate of drug-likeness (QED) is 0.439. The molecule has 0 fully saturated rings. The normalized spacial score (nSPS) is 11.0. The maximum atomic E-state index is 11.2. The zero-order chi connectivity index (χ0) is 11.6. The summed E-state index contributed by atoms with van der Waals surface area (Å²) in [4.78, 5) is 11.0. The monoisotopic (exact) mass is 226 g/mol. The molecule has 1 aromatic rings. The molecule has 0 aliphatic heterocycles. The molecule has 1 aromatic carbocycles. The molecule has 0 atom stereocenters. The van der Waals surface area contributed by atoms with Gasteiger partial charge in [-0.3, -0.25) is 4.79 Å². The lowest BCUT2D eigenvalue weighted by molar-refractivity contribution is 0.104. The number of nitrogen functional groups attached to an aromatic ring is 1. The van der Waals surface area contributed by atoms with Crippen molar-refractivity contribution in [3.8, 4) is 0 Å². The molecule has 5 nitrogen and oxygen atoms in total. The molecule has 0 bridgehead atoms. The Morgan fingerprint density at radius 1 is 1.40 bits per heavy atom. The van der Waals surface area contributed by atoms with Gasteiger partial charge in [0.15, 0.2) is 5.78 Å². The van der Waals surface area contributed by atoms with Crippen molar-refractivity contribution in [2.24, 2.45) is 5.14 Å². The molecule has 0 heterocycles. The van der Waals surface area contributed by atoms with Gasteiger partial charge in [-0.25, -0.2) is 13.6 Å². The Kier molecular flexibility index (Phi) is 2.92. The van der Waals surface area contributed by atoms with Crippen LogP contribution in [0.4, 0.5) is 5.69 Å². The molecule has 0 aliphatic rings. The minimum atomic E-state index is -3.84. The average Bonchev–Trinajstić information content (AvgIpc) is 2.14. The van der Waals surface area contributed by atoms with E-state index < -0.39 is 10.0 Å². The molecule has 0 saturated carbocycles. The van der Waals surface area contributed by atoms with E-state index >= 15 is 0 Å². The fourth-order valence-electron chi connectivity index (χ4n) is 1.08. The van der Waals surface area contributed by atoms with Gasteiger partial charge in [0.05, 0.1) is 5.69 Å². The number of benzene rings is 1. The zero-order valence-corrected chi connectivity index (χ0v) is 8.62. The molecule has 0 saturated heterocycles. The van der Waals surface area contributed by atoms with Gasteiger partial charge in [-0.1, -0.05) is 6.58 Å². The lowest BCUT2D eigenvalue weighted by atomic mass is 10.1. The van der Waals surface area contributed by atoms with Crippen molar-refractivity contribution in [1.82, 2.24) is 0 Å². The van der Waals surface area contributed by atoms with E-state index in [-0.39, 0.29) is 21.9 Å². The largest absolute Gasteiger partial charge is 0.398 e. The molecular weight excluding hydrogens is 216 g/mol. The number of sulfonamides is 1. The second-order valence-corrected chi connectivity index (χ2v) is 4.40. The maximum Gasteiger partial charge on any atom is 0.240 e. The number of carbonyl (C=O) groups is 1. The van der Waals surface area contributed by atoms with Gasteiger partial charge >= 0.3 is 0 Å². The number of carbonyl (C=O) groups excluding carboxylic acids is 1. The summed E-state index contributed by atoms with van der Waals surface area (Å²) in [7, 11) is -3.84. The SMILES string of the molecule is C=CC(=O)c1ccc(S(N)(=O)=O)c(N)c1. The van der Waals surface area contributed by atoms with Gasteiger partial charge in [-0.05, 0) is 24.3 Å². The molecule has 0 spiro atoms. The Hall–Kier alpha value is -1.66. The molecule has 80 valence electrons. The van der Waals surface area contributed by atoms with Gasteiger partial charge in [0.25, 0.3) is 0 Å². The molecule has 0 unspecified atom stereocenters. The first kappa shape index (κ1) is 11.4. The summed E-state index contributed by atoms with van der Waals surface area (Å²) in [6, 6.07) is 3.78. The van der Waals surface area contributed by atoms with Crippen molar-refractivity contribution in [3.63, 3.8) is 0 Å². The second-order valence-electron chi connectivity index (χ2n) is 2.87.